The first-order valence-corrected chi connectivity index (χ1v) is 15.2. The van der Waals surface area contributed by atoms with Crippen LogP contribution in [0.4, 0.5) is 33.3 Å². The Morgan fingerprint density at radius 2 is 1.53 bits per heavy atom. The maximum absolute atomic E-state index is 15.4. The van der Waals surface area contributed by atoms with Gasteiger partial charge in [-0.25, -0.2) is 8.78 Å². The summed E-state index contributed by atoms with van der Waals surface area (Å²) in [4.78, 5) is 3.68. The highest BCUT2D eigenvalue weighted by Crippen LogP contribution is 2.37. The number of hydrogen-bond donors (Lipinski definition) is 0. The van der Waals surface area contributed by atoms with Crippen LogP contribution in [0.15, 0.2) is 36.4 Å². The van der Waals surface area contributed by atoms with Gasteiger partial charge in [0.25, 0.3) is 0 Å². The second-order valence-electron chi connectivity index (χ2n) is 11.2. The average molecular weight is 606 g/mol. The van der Waals surface area contributed by atoms with Crippen LogP contribution in [0.5, 0.6) is 0 Å². The minimum atomic E-state index is -4.66. The third-order valence-electron chi connectivity index (χ3n) is 8.20. The van der Waals surface area contributed by atoms with Crippen molar-refractivity contribution in [2.24, 2.45) is 5.92 Å². The van der Waals surface area contributed by atoms with Gasteiger partial charge in [0.2, 0.25) is 0 Å². The first-order chi connectivity index (χ1) is 20.7. The molecule has 2 aliphatic rings. The first-order valence-electron chi connectivity index (χ1n) is 15.2. The lowest BCUT2D eigenvalue weighted by molar-refractivity contribution is -0.177. The summed E-state index contributed by atoms with van der Waals surface area (Å²) in [5.41, 5.74) is -0.265. The molecule has 0 aromatic heterocycles. The van der Waals surface area contributed by atoms with Gasteiger partial charge in [0, 0.05) is 62.2 Å². The SMILES string of the molecule is CCCCOC(OCCCC)C1CCN(c2cc(F)c(C3=CCN(c4ccc(C#N)c(C(F)(F)F)c4)CC3)c(F)c2)CC1. The van der Waals surface area contributed by atoms with Crippen molar-refractivity contribution in [1.29, 1.82) is 5.26 Å². The molecule has 0 aliphatic carbocycles. The highest BCUT2D eigenvalue weighted by Gasteiger charge is 2.34. The van der Waals surface area contributed by atoms with Gasteiger partial charge in [-0.05, 0) is 68.0 Å². The lowest BCUT2D eigenvalue weighted by atomic mass is 9.94. The predicted octanol–water partition coefficient (Wildman–Crippen LogP) is 8.32. The molecule has 5 nitrogen and oxygen atoms in total. The maximum atomic E-state index is 15.4. The average Bonchev–Trinajstić information content (AvgIpc) is 3.00. The predicted molar refractivity (Wildman–Crippen MR) is 158 cm³/mol. The molecule has 1 fully saturated rings. The lowest BCUT2D eigenvalue weighted by Crippen LogP contribution is -2.40. The van der Waals surface area contributed by atoms with Gasteiger partial charge in [-0.2, -0.15) is 18.4 Å². The zero-order valence-electron chi connectivity index (χ0n) is 24.9. The molecule has 0 radical (unpaired) electrons. The Balaban J connectivity index is 1.41. The summed E-state index contributed by atoms with van der Waals surface area (Å²) in [7, 11) is 0. The Labute approximate surface area is 250 Å². The molecule has 10 heteroatoms. The Morgan fingerprint density at radius 1 is 0.907 bits per heavy atom. The number of anilines is 2. The molecule has 0 amide bonds. The summed E-state index contributed by atoms with van der Waals surface area (Å²) in [6, 6.07) is 7.88. The van der Waals surface area contributed by atoms with Crippen LogP contribution in [0, 0.1) is 28.9 Å². The number of halogens is 5. The number of unbranched alkanes of at least 4 members (excludes halogenated alkanes) is 2. The quantitative estimate of drug-likeness (QED) is 0.138. The molecule has 0 atom stereocenters. The number of hydrogen-bond acceptors (Lipinski definition) is 5. The minimum absolute atomic E-state index is 0.0946. The molecule has 0 unspecified atom stereocenters. The second-order valence-corrected chi connectivity index (χ2v) is 11.2. The minimum Gasteiger partial charge on any atom is -0.371 e. The zero-order valence-corrected chi connectivity index (χ0v) is 24.9. The van der Waals surface area contributed by atoms with Crippen LogP contribution in [-0.2, 0) is 15.7 Å². The molecule has 0 spiro atoms. The molecule has 0 saturated carbocycles. The van der Waals surface area contributed by atoms with Gasteiger partial charge < -0.3 is 19.3 Å². The number of benzene rings is 2. The van der Waals surface area contributed by atoms with Crippen molar-refractivity contribution >= 4 is 16.9 Å². The fraction of sp³-hybridized carbons (Fsp3) is 0.545. The van der Waals surface area contributed by atoms with E-state index in [0.29, 0.717) is 43.3 Å². The van der Waals surface area contributed by atoms with E-state index < -0.39 is 28.9 Å². The number of nitriles is 1. The van der Waals surface area contributed by atoms with Crippen molar-refractivity contribution in [2.45, 2.75) is 71.3 Å². The van der Waals surface area contributed by atoms with Crippen LogP contribution < -0.4 is 9.80 Å². The third-order valence-corrected chi connectivity index (χ3v) is 8.20. The number of alkyl halides is 3. The van der Waals surface area contributed by atoms with E-state index >= 15 is 8.78 Å². The molecule has 2 heterocycles. The summed E-state index contributed by atoms with van der Waals surface area (Å²) >= 11 is 0. The molecule has 1 saturated heterocycles. The summed E-state index contributed by atoms with van der Waals surface area (Å²) < 4.78 is 83.1. The monoisotopic (exact) mass is 605 g/mol. The summed E-state index contributed by atoms with van der Waals surface area (Å²) in [6.45, 7) is 7.28. The molecule has 43 heavy (non-hydrogen) atoms. The van der Waals surface area contributed by atoms with Crippen LogP contribution in [0.25, 0.3) is 5.57 Å². The smallest absolute Gasteiger partial charge is 0.371 e. The zero-order chi connectivity index (χ0) is 31.0. The summed E-state index contributed by atoms with van der Waals surface area (Å²) in [5.74, 6) is -1.09. The largest absolute Gasteiger partial charge is 0.417 e. The molecule has 0 bridgehead atoms. The second kappa shape index (κ2) is 15.0. The molecule has 234 valence electrons. The van der Waals surface area contributed by atoms with Crippen molar-refractivity contribution in [2.75, 3.05) is 49.2 Å². The Kier molecular flexibility index (Phi) is 11.4. The van der Waals surface area contributed by atoms with E-state index in [1.165, 1.54) is 18.2 Å². The molecule has 4 rings (SSSR count). The van der Waals surface area contributed by atoms with E-state index in [1.54, 1.807) is 17.0 Å². The number of rotatable bonds is 12. The van der Waals surface area contributed by atoms with Crippen LogP contribution >= 0.6 is 0 Å². The van der Waals surface area contributed by atoms with E-state index in [9.17, 15) is 13.2 Å². The van der Waals surface area contributed by atoms with Gasteiger partial charge in [0.05, 0.1) is 17.2 Å². The van der Waals surface area contributed by atoms with Gasteiger partial charge in [-0.1, -0.05) is 32.8 Å². The van der Waals surface area contributed by atoms with E-state index in [0.717, 1.165) is 50.7 Å². The Hall–Kier alpha value is -3.16. The van der Waals surface area contributed by atoms with Gasteiger partial charge in [0.15, 0.2) is 6.29 Å². The van der Waals surface area contributed by atoms with Crippen molar-refractivity contribution in [3.8, 4) is 6.07 Å². The summed E-state index contributed by atoms with van der Waals surface area (Å²) in [5, 5.41) is 9.05. The van der Waals surface area contributed by atoms with E-state index in [1.807, 2.05) is 4.90 Å². The van der Waals surface area contributed by atoms with Crippen LogP contribution in [0.2, 0.25) is 0 Å². The van der Waals surface area contributed by atoms with Gasteiger partial charge in [-0.3, -0.25) is 0 Å². The summed E-state index contributed by atoms with van der Waals surface area (Å²) in [6.07, 6.45) is 2.61. The Bertz CT molecular complexity index is 1270. The van der Waals surface area contributed by atoms with Crippen molar-refractivity contribution < 1.29 is 31.4 Å². The molecule has 2 aliphatic heterocycles. The van der Waals surface area contributed by atoms with Gasteiger partial charge in [-0.15, -0.1) is 0 Å². The molecule has 2 aromatic rings. The van der Waals surface area contributed by atoms with Gasteiger partial charge in [0.1, 0.15) is 11.6 Å². The lowest BCUT2D eigenvalue weighted by Gasteiger charge is -2.37. The van der Waals surface area contributed by atoms with Crippen LogP contribution in [0.3, 0.4) is 0 Å². The maximum Gasteiger partial charge on any atom is 0.417 e. The highest BCUT2D eigenvalue weighted by molar-refractivity contribution is 5.71. The highest BCUT2D eigenvalue weighted by atomic mass is 19.4. The fourth-order valence-corrected chi connectivity index (χ4v) is 5.68. The molecular weight excluding hydrogens is 565 g/mol. The third kappa shape index (κ3) is 8.27. The van der Waals surface area contributed by atoms with Crippen molar-refractivity contribution in [3.63, 3.8) is 0 Å². The van der Waals surface area contributed by atoms with Crippen molar-refractivity contribution in [1.82, 2.24) is 0 Å². The fourth-order valence-electron chi connectivity index (χ4n) is 5.68. The first kappa shape index (κ1) is 32.7. The van der Waals surface area contributed by atoms with Crippen molar-refractivity contribution in [3.05, 3.63) is 64.7 Å². The Morgan fingerprint density at radius 3 is 2.05 bits per heavy atom. The van der Waals surface area contributed by atoms with E-state index in [2.05, 4.69) is 13.8 Å². The topological polar surface area (TPSA) is 48.7 Å². The van der Waals surface area contributed by atoms with Gasteiger partial charge >= 0.3 is 6.18 Å². The number of nitrogens with zero attached hydrogens (tertiary/aromatic N) is 3. The van der Waals surface area contributed by atoms with Crippen LogP contribution in [0.1, 0.15) is 75.5 Å². The molecular formula is C33H40F5N3O2. The standard InChI is InChI=1S/C33H40F5N3O2/c1-3-5-17-42-32(43-18-6-4-2)24-11-15-41(16-12-24)27-20-29(34)31(30(35)21-27)23-9-13-40(14-10-23)26-8-7-25(22-39)28(19-26)33(36,37)38/h7-9,19-21,24,32H,3-6,10-18H2,1-2H3. The van der Waals surface area contributed by atoms with Crippen LogP contribution in [-0.4, -0.2) is 45.7 Å². The number of piperidine rings is 1. The van der Waals surface area contributed by atoms with E-state index in [-0.39, 0.29) is 37.3 Å². The normalized spacial score (nSPS) is 16.5. The number of ether oxygens (including phenoxy) is 2. The molecule has 2 aromatic carbocycles. The van der Waals surface area contributed by atoms with E-state index in [4.69, 9.17) is 14.7 Å². The molecule has 0 N–H and O–H groups in total.